The Morgan fingerprint density at radius 1 is 1.24 bits per heavy atom. The number of benzene rings is 1. The Morgan fingerprint density at radius 3 is 2.85 bits per heavy atom. The lowest BCUT2D eigenvalue weighted by molar-refractivity contribution is -0.111. The van der Waals surface area contributed by atoms with Crippen molar-refractivity contribution >= 4 is 40.9 Å². The van der Waals surface area contributed by atoms with Gasteiger partial charge in [0.1, 0.15) is 5.56 Å². The molecule has 2 amide bonds. The highest BCUT2D eigenvalue weighted by Gasteiger charge is 2.40. The van der Waals surface area contributed by atoms with Crippen LogP contribution >= 0.6 is 0 Å². The minimum absolute atomic E-state index is 0.153. The van der Waals surface area contributed by atoms with Gasteiger partial charge in [0, 0.05) is 24.5 Å². The lowest BCUT2D eigenvalue weighted by Crippen LogP contribution is -2.48. The molecule has 0 atom stereocenters. The second kappa shape index (κ2) is 8.62. The van der Waals surface area contributed by atoms with Crippen LogP contribution in [0.3, 0.4) is 0 Å². The number of carbonyl (C=O) groups is 2. The third kappa shape index (κ3) is 4.05. The number of rotatable bonds is 5. The molecule has 3 aliphatic heterocycles. The molecule has 0 spiro atoms. The maximum atomic E-state index is 13.1. The van der Waals surface area contributed by atoms with Gasteiger partial charge in [0.25, 0.3) is 5.91 Å². The van der Waals surface area contributed by atoms with Crippen LogP contribution in [0.15, 0.2) is 48.1 Å². The van der Waals surface area contributed by atoms with Crippen molar-refractivity contribution in [3.8, 4) is 0 Å². The molecule has 0 unspecified atom stereocenters. The lowest BCUT2D eigenvalue weighted by atomic mass is 10.1. The lowest BCUT2D eigenvalue weighted by Gasteiger charge is -2.35. The van der Waals surface area contributed by atoms with Crippen molar-refractivity contribution in [3.63, 3.8) is 0 Å². The van der Waals surface area contributed by atoms with Crippen LogP contribution in [-0.2, 0) is 4.79 Å². The van der Waals surface area contributed by atoms with Crippen LogP contribution in [-0.4, -0.2) is 76.8 Å². The zero-order chi connectivity index (χ0) is 22.9. The number of anilines is 4. The van der Waals surface area contributed by atoms with Crippen molar-refractivity contribution in [1.29, 1.82) is 0 Å². The monoisotopic (exact) mass is 446 g/mol. The quantitative estimate of drug-likeness (QED) is 0.677. The summed E-state index contributed by atoms with van der Waals surface area (Å²) in [5, 5.41) is 6.21. The Labute approximate surface area is 192 Å². The molecule has 170 valence electrons. The van der Waals surface area contributed by atoms with Crippen molar-refractivity contribution < 1.29 is 9.59 Å². The molecule has 10 heteroatoms. The van der Waals surface area contributed by atoms with Gasteiger partial charge in [0.15, 0.2) is 5.82 Å². The van der Waals surface area contributed by atoms with E-state index in [1.54, 1.807) is 17.2 Å². The van der Waals surface area contributed by atoms with Crippen molar-refractivity contribution in [3.05, 3.63) is 48.7 Å². The molecule has 1 saturated heterocycles. The molecule has 33 heavy (non-hydrogen) atoms. The standard InChI is InChI=1S/C23H26N8O2/c1-3-19(32)26-16-5-4-6-17(13-16)31-20-18(21(33)30-12-9-24-23(30)31)14-25-22(28-20)27-15-7-10-29(2)11-8-15/h3-6,13-15H,1,7-12H2,2H3,(H,26,32)(H,25,27,28). The molecule has 0 saturated carbocycles. The molecular formula is C23H26N8O2. The molecule has 1 fully saturated rings. The van der Waals surface area contributed by atoms with E-state index in [9.17, 15) is 9.59 Å². The fourth-order valence-corrected chi connectivity index (χ4v) is 4.31. The Balaban J connectivity index is 1.52. The topological polar surface area (TPSA) is 106 Å². The van der Waals surface area contributed by atoms with Crippen molar-refractivity contribution in [2.75, 3.05) is 48.8 Å². The van der Waals surface area contributed by atoms with Crippen molar-refractivity contribution in [2.45, 2.75) is 18.9 Å². The summed E-state index contributed by atoms with van der Waals surface area (Å²) in [6.45, 7) is 6.56. The largest absolute Gasteiger partial charge is 0.351 e. The van der Waals surface area contributed by atoms with Crippen LogP contribution in [0.1, 0.15) is 23.2 Å². The van der Waals surface area contributed by atoms with Gasteiger partial charge >= 0.3 is 0 Å². The molecule has 0 radical (unpaired) electrons. The molecule has 0 bridgehead atoms. The van der Waals surface area contributed by atoms with Gasteiger partial charge in [-0.2, -0.15) is 4.98 Å². The average Bonchev–Trinajstić information content (AvgIpc) is 3.31. The molecule has 10 nitrogen and oxygen atoms in total. The van der Waals surface area contributed by atoms with Gasteiger partial charge in [-0.25, -0.2) is 4.98 Å². The fourth-order valence-electron chi connectivity index (χ4n) is 4.31. The fraction of sp³-hybridized carbons (Fsp3) is 0.348. The Kier molecular flexibility index (Phi) is 5.51. The summed E-state index contributed by atoms with van der Waals surface area (Å²) in [5.41, 5.74) is 1.77. The second-order valence-corrected chi connectivity index (χ2v) is 8.37. The van der Waals surface area contributed by atoms with Gasteiger partial charge < -0.3 is 15.5 Å². The van der Waals surface area contributed by atoms with E-state index in [2.05, 4.69) is 39.1 Å². The highest BCUT2D eigenvalue weighted by Crippen LogP contribution is 2.36. The molecule has 2 aromatic rings. The number of nitrogens with one attached hydrogen (secondary N) is 2. The summed E-state index contributed by atoms with van der Waals surface area (Å²) >= 11 is 0. The third-order valence-electron chi connectivity index (χ3n) is 6.08. The first kappa shape index (κ1) is 21.1. The maximum absolute atomic E-state index is 13.1. The average molecular weight is 447 g/mol. The van der Waals surface area contributed by atoms with Crippen molar-refractivity contribution in [2.24, 2.45) is 4.99 Å². The predicted molar refractivity (Wildman–Crippen MR) is 127 cm³/mol. The zero-order valence-electron chi connectivity index (χ0n) is 18.5. The van der Waals surface area contributed by atoms with Crippen LogP contribution < -0.4 is 15.5 Å². The number of piperidine rings is 1. The van der Waals surface area contributed by atoms with E-state index in [0.717, 1.165) is 31.6 Å². The van der Waals surface area contributed by atoms with Crippen LogP contribution in [0.25, 0.3) is 0 Å². The van der Waals surface area contributed by atoms with E-state index in [4.69, 9.17) is 4.98 Å². The van der Waals surface area contributed by atoms with E-state index >= 15 is 0 Å². The predicted octanol–water partition coefficient (Wildman–Crippen LogP) is 2.07. The van der Waals surface area contributed by atoms with E-state index in [1.807, 2.05) is 23.1 Å². The first-order chi connectivity index (χ1) is 16.0. The highest BCUT2D eigenvalue weighted by molar-refractivity contribution is 6.21. The molecule has 1 aromatic heterocycles. The number of nitrogens with zero attached hydrogens (tertiary/aromatic N) is 6. The van der Waals surface area contributed by atoms with E-state index in [-0.39, 0.29) is 17.9 Å². The highest BCUT2D eigenvalue weighted by atomic mass is 16.2. The van der Waals surface area contributed by atoms with E-state index in [1.165, 1.54) is 6.08 Å². The number of amides is 2. The SMILES string of the molecule is C=CC(=O)Nc1cccc(N2C3=NCCN3C(=O)c3cnc(NC4CCN(C)CC4)nc32)c1. The minimum atomic E-state index is -0.298. The number of fused-ring (bicyclic) bond motifs is 2. The number of aromatic nitrogens is 2. The number of carbonyl (C=O) groups excluding carboxylic acids is 2. The summed E-state index contributed by atoms with van der Waals surface area (Å²) in [5.74, 6) is 1.05. The van der Waals surface area contributed by atoms with Gasteiger partial charge in [-0.05, 0) is 57.3 Å². The molecule has 5 rings (SSSR count). The van der Waals surface area contributed by atoms with Gasteiger partial charge in [-0.15, -0.1) is 0 Å². The molecule has 0 aliphatic carbocycles. The van der Waals surface area contributed by atoms with Crippen LogP contribution in [0.4, 0.5) is 23.1 Å². The third-order valence-corrected chi connectivity index (χ3v) is 6.08. The van der Waals surface area contributed by atoms with E-state index < -0.39 is 0 Å². The molecule has 2 N–H and O–H groups in total. The second-order valence-electron chi connectivity index (χ2n) is 8.37. The summed E-state index contributed by atoms with van der Waals surface area (Å²) < 4.78 is 0. The molecule has 3 aliphatic rings. The summed E-state index contributed by atoms with van der Waals surface area (Å²) in [6, 6.07) is 7.63. The summed E-state index contributed by atoms with van der Waals surface area (Å²) in [7, 11) is 2.12. The zero-order valence-corrected chi connectivity index (χ0v) is 18.5. The molecular weight excluding hydrogens is 420 g/mol. The first-order valence-electron chi connectivity index (χ1n) is 11.1. The number of hydrogen-bond donors (Lipinski definition) is 2. The van der Waals surface area contributed by atoms with Crippen LogP contribution in [0.5, 0.6) is 0 Å². The number of hydrogen-bond acceptors (Lipinski definition) is 8. The minimum Gasteiger partial charge on any atom is -0.351 e. The maximum Gasteiger partial charge on any atom is 0.266 e. The summed E-state index contributed by atoms with van der Waals surface area (Å²) in [6.07, 6.45) is 4.82. The first-order valence-corrected chi connectivity index (χ1v) is 11.1. The smallest absolute Gasteiger partial charge is 0.266 e. The van der Waals surface area contributed by atoms with Crippen LogP contribution in [0.2, 0.25) is 0 Å². The van der Waals surface area contributed by atoms with Gasteiger partial charge in [0.2, 0.25) is 17.8 Å². The van der Waals surface area contributed by atoms with E-state index in [0.29, 0.717) is 42.1 Å². The number of likely N-dealkylation sites (tertiary alicyclic amines) is 1. The summed E-state index contributed by atoms with van der Waals surface area (Å²) in [4.78, 5) is 44.5. The van der Waals surface area contributed by atoms with Gasteiger partial charge in [-0.1, -0.05) is 12.6 Å². The van der Waals surface area contributed by atoms with Gasteiger partial charge in [-0.3, -0.25) is 24.4 Å². The Bertz CT molecular complexity index is 1140. The Morgan fingerprint density at radius 2 is 2.06 bits per heavy atom. The normalized spacial score (nSPS) is 18.5. The molecule has 1 aromatic carbocycles. The van der Waals surface area contributed by atoms with Crippen molar-refractivity contribution in [1.82, 2.24) is 19.8 Å². The van der Waals surface area contributed by atoms with Crippen LogP contribution in [0, 0.1) is 0 Å². The van der Waals surface area contributed by atoms with Gasteiger partial charge in [0.05, 0.1) is 12.2 Å². The number of aliphatic imine (C=N–C) groups is 1. The molecule has 4 heterocycles. The Hall–Kier alpha value is -3.79. The number of guanidine groups is 1.